The van der Waals surface area contributed by atoms with Crippen LogP contribution < -0.4 is 4.74 Å². The summed E-state index contributed by atoms with van der Waals surface area (Å²) in [6.07, 6.45) is 0.769. The van der Waals surface area contributed by atoms with E-state index in [-0.39, 0.29) is 6.10 Å². The predicted octanol–water partition coefficient (Wildman–Crippen LogP) is 3.44. The first-order chi connectivity index (χ1) is 10.3. The van der Waals surface area contributed by atoms with Crippen molar-refractivity contribution in [2.24, 2.45) is 0 Å². The Bertz CT molecular complexity index is 745. The van der Waals surface area contributed by atoms with Crippen molar-refractivity contribution in [3.63, 3.8) is 0 Å². The molecule has 0 saturated heterocycles. The number of fused-ring (bicyclic) bond motifs is 2. The molecule has 4 rings (SSSR count). The molecule has 1 N–H and O–H groups in total. The average molecular weight is 318 g/mol. The molecule has 0 aliphatic carbocycles. The van der Waals surface area contributed by atoms with E-state index in [0.29, 0.717) is 11.2 Å². The van der Waals surface area contributed by atoms with Crippen molar-refractivity contribution in [2.75, 3.05) is 12.4 Å². The summed E-state index contributed by atoms with van der Waals surface area (Å²) < 4.78 is 12.1. The van der Waals surface area contributed by atoms with Gasteiger partial charge in [-0.3, -0.25) is 0 Å². The fourth-order valence-corrected chi connectivity index (χ4v) is 3.85. The second kappa shape index (κ2) is 5.44. The van der Waals surface area contributed by atoms with Crippen LogP contribution in [0.4, 0.5) is 0 Å². The Morgan fingerprint density at radius 2 is 2.24 bits per heavy atom. The zero-order valence-electron chi connectivity index (χ0n) is 11.3. The van der Waals surface area contributed by atoms with Gasteiger partial charge < -0.3 is 14.5 Å². The molecular formula is C15H14N2O2S2. The molecule has 108 valence electrons. The number of H-pyrrole nitrogens is 1. The zero-order chi connectivity index (χ0) is 14.2. The van der Waals surface area contributed by atoms with E-state index < -0.39 is 0 Å². The highest BCUT2D eigenvalue weighted by molar-refractivity contribution is 7.99. The summed E-state index contributed by atoms with van der Waals surface area (Å²) in [5.41, 5.74) is 2.16. The highest BCUT2D eigenvalue weighted by atomic mass is 32.2. The van der Waals surface area contributed by atoms with Crippen LogP contribution in [-0.4, -0.2) is 22.3 Å². The summed E-state index contributed by atoms with van der Waals surface area (Å²) in [7, 11) is 0. The predicted molar refractivity (Wildman–Crippen MR) is 83.3 cm³/mol. The fourth-order valence-electron chi connectivity index (χ4n) is 2.58. The number of nitrogens with one attached hydrogen (secondary N) is 1. The minimum Gasteiger partial charge on any atom is -0.480 e. The lowest BCUT2D eigenvalue weighted by atomic mass is 10.1. The Kier molecular flexibility index (Phi) is 3.45. The van der Waals surface area contributed by atoms with Crippen molar-refractivity contribution in [3.8, 4) is 5.75 Å². The Hall–Kier alpha value is -1.37. The maximum atomic E-state index is 6.07. The van der Waals surface area contributed by atoms with Crippen molar-refractivity contribution in [1.29, 1.82) is 0 Å². The summed E-state index contributed by atoms with van der Waals surface area (Å²) in [5, 5.41) is 0. The molecule has 21 heavy (non-hydrogen) atoms. The normalized spacial score (nSPS) is 20.3. The Balaban J connectivity index is 1.69. The lowest BCUT2D eigenvalue weighted by Crippen LogP contribution is -2.21. The molecule has 1 atom stereocenters. The molecule has 3 heterocycles. The zero-order valence-corrected chi connectivity index (χ0v) is 12.9. The van der Waals surface area contributed by atoms with Crippen LogP contribution in [0.2, 0.25) is 0 Å². The number of hydrogen-bond acceptors (Lipinski definition) is 5. The molecule has 0 saturated carbocycles. The minimum atomic E-state index is -0.0836. The van der Waals surface area contributed by atoms with Crippen LogP contribution in [0.3, 0.4) is 0 Å². The molecule has 2 aliphatic rings. The van der Waals surface area contributed by atoms with E-state index in [2.05, 4.69) is 16.0 Å². The number of benzene rings is 1. The first-order valence-electron chi connectivity index (χ1n) is 6.89. The minimum absolute atomic E-state index is 0.0836. The third-order valence-electron chi connectivity index (χ3n) is 3.68. The van der Waals surface area contributed by atoms with Gasteiger partial charge in [-0.25, -0.2) is 4.98 Å². The lowest BCUT2D eigenvalue weighted by molar-refractivity contribution is 0.107. The molecule has 0 bridgehead atoms. The number of rotatable bonds is 1. The Labute approximate surface area is 131 Å². The van der Waals surface area contributed by atoms with Crippen molar-refractivity contribution >= 4 is 24.0 Å². The highest BCUT2D eigenvalue weighted by Gasteiger charge is 2.25. The van der Waals surface area contributed by atoms with Gasteiger partial charge in [0.1, 0.15) is 16.2 Å². The van der Waals surface area contributed by atoms with Gasteiger partial charge in [-0.15, -0.1) is 11.8 Å². The van der Waals surface area contributed by atoms with Crippen molar-refractivity contribution in [1.82, 2.24) is 9.97 Å². The van der Waals surface area contributed by atoms with Gasteiger partial charge in [-0.05, 0) is 12.1 Å². The van der Waals surface area contributed by atoms with Crippen LogP contribution in [0.25, 0.3) is 0 Å². The van der Waals surface area contributed by atoms with Crippen LogP contribution in [0.15, 0.2) is 29.2 Å². The van der Waals surface area contributed by atoms with E-state index in [4.69, 9.17) is 21.7 Å². The van der Waals surface area contributed by atoms with Gasteiger partial charge in [0.15, 0.2) is 6.10 Å². The SMILES string of the molecule is S=c1nc(C2CSc3ccccc3O2)[nH]c2c1COCC2. The summed E-state index contributed by atoms with van der Waals surface area (Å²) in [5.74, 6) is 2.58. The van der Waals surface area contributed by atoms with E-state index in [1.165, 1.54) is 4.90 Å². The van der Waals surface area contributed by atoms with Crippen molar-refractivity contribution in [3.05, 3.63) is 46.0 Å². The quantitative estimate of drug-likeness (QED) is 0.816. The fraction of sp³-hybridized carbons (Fsp3) is 0.333. The summed E-state index contributed by atoms with van der Waals surface area (Å²) in [4.78, 5) is 9.11. The number of aromatic amines is 1. The molecule has 2 aliphatic heterocycles. The molecule has 0 amide bonds. The van der Waals surface area contributed by atoms with Crippen LogP contribution in [-0.2, 0) is 17.8 Å². The molecule has 1 aromatic carbocycles. The van der Waals surface area contributed by atoms with Gasteiger partial charge in [-0.1, -0.05) is 24.4 Å². The van der Waals surface area contributed by atoms with E-state index in [1.54, 1.807) is 11.8 Å². The Morgan fingerprint density at radius 3 is 3.19 bits per heavy atom. The number of para-hydroxylation sites is 1. The second-order valence-corrected chi connectivity index (χ2v) is 6.50. The molecule has 4 nitrogen and oxygen atoms in total. The molecular weight excluding hydrogens is 304 g/mol. The summed E-state index contributed by atoms with van der Waals surface area (Å²) in [6, 6.07) is 8.09. The van der Waals surface area contributed by atoms with Gasteiger partial charge in [0.2, 0.25) is 0 Å². The third-order valence-corrected chi connectivity index (χ3v) is 5.14. The van der Waals surface area contributed by atoms with Crippen molar-refractivity contribution < 1.29 is 9.47 Å². The van der Waals surface area contributed by atoms with Gasteiger partial charge in [-0.2, -0.15) is 0 Å². The lowest BCUT2D eigenvalue weighted by Gasteiger charge is -2.26. The van der Waals surface area contributed by atoms with E-state index in [0.717, 1.165) is 41.6 Å². The van der Waals surface area contributed by atoms with E-state index >= 15 is 0 Å². The number of aromatic nitrogens is 2. The van der Waals surface area contributed by atoms with E-state index in [9.17, 15) is 0 Å². The van der Waals surface area contributed by atoms with Gasteiger partial charge in [0.25, 0.3) is 0 Å². The van der Waals surface area contributed by atoms with Crippen molar-refractivity contribution in [2.45, 2.75) is 24.0 Å². The van der Waals surface area contributed by atoms with Crippen LogP contribution in [0, 0.1) is 4.64 Å². The molecule has 2 aromatic rings. The van der Waals surface area contributed by atoms with Crippen LogP contribution in [0.1, 0.15) is 23.2 Å². The summed E-state index contributed by atoms with van der Waals surface area (Å²) in [6.45, 7) is 1.28. The molecule has 1 unspecified atom stereocenters. The maximum absolute atomic E-state index is 6.07. The topological polar surface area (TPSA) is 47.1 Å². The molecule has 1 aromatic heterocycles. The number of thioether (sulfide) groups is 1. The second-order valence-electron chi connectivity index (χ2n) is 5.05. The first kappa shape index (κ1) is 13.3. The smallest absolute Gasteiger partial charge is 0.165 e. The third kappa shape index (κ3) is 2.47. The molecule has 0 fully saturated rings. The molecule has 0 radical (unpaired) electrons. The van der Waals surface area contributed by atoms with Gasteiger partial charge >= 0.3 is 0 Å². The van der Waals surface area contributed by atoms with Gasteiger partial charge in [0, 0.05) is 28.3 Å². The van der Waals surface area contributed by atoms with Gasteiger partial charge in [0.05, 0.1) is 13.2 Å². The number of nitrogens with zero attached hydrogens (tertiary/aromatic N) is 1. The monoisotopic (exact) mass is 318 g/mol. The standard InChI is InChI=1S/C15H14N2O2S2/c20-15-9-7-18-6-5-10(9)16-14(17-15)12-8-21-13-4-2-1-3-11(13)19-12/h1-4,12H,5-8H2,(H,16,17,20). The average Bonchev–Trinajstić information content (AvgIpc) is 2.54. The highest BCUT2D eigenvalue weighted by Crippen LogP contribution is 2.39. The largest absolute Gasteiger partial charge is 0.480 e. The summed E-state index contributed by atoms with van der Waals surface area (Å²) >= 11 is 7.19. The van der Waals surface area contributed by atoms with E-state index in [1.807, 2.05) is 18.2 Å². The molecule has 6 heteroatoms. The first-order valence-corrected chi connectivity index (χ1v) is 8.29. The Morgan fingerprint density at radius 1 is 1.33 bits per heavy atom. The number of ether oxygens (including phenoxy) is 2. The number of hydrogen-bond donors (Lipinski definition) is 1. The van der Waals surface area contributed by atoms with Crippen LogP contribution in [0.5, 0.6) is 5.75 Å². The molecule has 0 spiro atoms. The maximum Gasteiger partial charge on any atom is 0.165 e. The van der Waals surface area contributed by atoms with Crippen LogP contribution >= 0.6 is 24.0 Å².